The summed E-state index contributed by atoms with van der Waals surface area (Å²) in [6.45, 7) is 5.79. The lowest BCUT2D eigenvalue weighted by Crippen LogP contribution is -2.50. The van der Waals surface area contributed by atoms with E-state index in [1.165, 1.54) is 5.57 Å². The molecule has 0 spiro atoms. The van der Waals surface area contributed by atoms with Crippen molar-refractivity contribution in [3.63, 3.8) is 0 Å². The van der Waals surface area contributed by atoms with Gasteiger partial charge in [-0.2, -0.15) is 0 Å². The first kappa shape index (κ1) is 7.76. The van der Waals surface area contributed by atoms with Gasteiger partial charge in [-0.15, -0.1) is 0 Å². The van der Waals surface area contributed by atoms with Crippen molar-refractivity contribution in [1.82, 2.24) is 0 Å². The Labute approximate surface area is 61.7 Å². The van der Waals surface area contributed by atoms with Crippen molar-refractivity contribution >= 4 is 0 Å². The molecule has 1 atom stereocenters. The molecule has 1 unspecified atom stereocenters. The highest BCUT2D eigenvalue weighted by atomic mass is 16.3. The summed E-state index contributed by atoms with van der Waals surface area (Å²) in [5, 5.41) is 8.86. The quantitative estimate of drug-likeness (QED) is 0.555. The van der Waals surface area contributed by atoms with Crippen molar-refractivity contribution in [2.75, 3.05) is 6.61 Å². The molecule has 0 aromatic carbocycles. The highest BCUT2D eigenvalue weighted by Gasteiger charge is 2.35. The van der Waals surface area contributed by atoms with Crippen molar-refractivity contribution in [3.05, 3.63) is 12.2 Å². The Morgan fingerprint density at radius 3 is 2.60 bits per heavy atom. The van der Waals surface area contributed by atoms with E-state index in [1.807, 2.05) is 6.92 Å². The van der Waals surface area contributed by atoms with Gasteiger partial charge in [0.1, 0.15) is 0 Å². The zero-order chi connectivity index (χ0) is 7.78. The first-order valence-electron chi connectivity index (χ1n) is 3.62. The lowest BCUT2D eigenvalue weighted by Gasteiger charge is -2.40. The predicted molar refractivity (Wildman–Crippen MR) is 41.5 cm³/mol. The average Bonchev–Trinajstić information content (AvgIpc) is 1.81. The van der Waals surface area contributed by atoms with Gasteiger partial charge in [-0.25, -0.2) is 0 Å². The van der Waals surface area contributed by atoms with Crippen LogP contribution in [0.2, 0.25) is 0 Å². The molecule has 0 aromatic heterocycles. The minimum absolute atomic E-state index is 0.0744. The number of hydrogen-bond donors (Lipinski definition) is 2. The van der Waals surface area contributed by atoms with Crippen LogP contribution in [0.4, 0.5) is 0 Å². The van der Waals surface area contributed by atoms with E-state index >= 15 is 0 Å². The third kappa shape index (κ3) is 1.22. The SMILES string of the molecule is C=C1CC(C(C)(N)CO)C1. The maximum absolute atomic E-state index is 8.86. The molecule has 0 radical (unpaired) electrons. The second-order valence-corrected chi connectivity index (χ2v) is 3.52. The topological polar surface area (TPSA) is 46.2 Å². The molecule has 0 saturated heterocycles. The summed E-state index contributed by atoms with van der Waals surface area (Å²) in [4.78, 5) is 0. The van der Waals surface area contributed by atoms with E-state index in [4.69, 9.17) is 10.8 Å². The summed E-state index contributed by atoms with van der Waals surface area (Å²) in [5.41, 5.74) is 6.66. The van der Waals surface area contributed by atoms with Gasteiger partial charge in [-0.3, -0.25) is 0 Å². The largest absolute Gasteiger partial charge is 0.394 e. The van der Waals surface area contributed by atoms with Crippen LogP contribution in [-0.2, 0) is 0 Å². The molecule has 1 aliphatic carbocycles. The maximum atomic E-state index is 8.86. The van der Waals surface area contributed by atoms with Crippen LogP contribution in [-0.4, -0.2) is 17.3 Å². The van der Waals surface area contributed by atoms with E-state index in [-0.39, 0.29) is 12.1 Å². The molecular formula is C8H15NO. The molecule has 58 valence electrons. The zero-order valence-electron chi connectivity index (χ0n) is 6.43. The summed E-state index contributed by atoms with van der Waals surface area (Å²) in [5.74, 6) is 0.449. The van der Waals surface area contributed by atoms with Gasteiger partial charge in [-0.1, -0.05) is 12.2 Å². The molecule has 0 aliphatic heterocycles. The number of allylic oxidation sites excluding steroid dienone is 1. The Morgan fingerprint density at radius 2 is 2.30 bits per heavy atom. The van der Waals surface area contributed by atoms with Crippen LogP contribution in [0.25, 0.3) is 0 Å². The molecule has 0 bridgehead atoms. The van der Waals surface area contributed by atoms with Gasteiger partial charge < -0.3 is 10.8 Å². The fraction of sp³-hybridized carbons (Fsp3) is 0.750. The summed E-state index contributed by atoms with van der Waals surface area (Å²) in [6, 6.07) is 0. The fourth-order valence-electron chi connectivity index (χ4n) is 1.23. The number of rotatable bonds is 2. The van der Waals surface area contributed by atoms with Gasteiger partial charge in [0.2, 0.25) is 0 Å². The van der Waals surface area contributed by atoms with Crippen LogP contribution < -0.4 is 5.73 Å². The second-order valence-electron chi connectivity index (χ2n) is 3.52. The molecule has 10 heavy (non-hydrogen) atoms. The van der Waals surface area contributed by atoms with Crippen molar-refractivity contribution in [3.8, 4) is 0 Å². The van der Waals surface area contributed by atoms with Crippen molar-refractivity contribution in [1.29, 1.82) is 0 Å². The molecule has 1 fully saturated rings. The predicted octanol–water partition coefficient (Wildman–Crippen LogP) is 0.662. The molecule has 1 saturated carbocycles. The van der Waals surface area contributed by atoms with Crippen LogP contribution >= 0.6 is 0 Å². The number of hydrogen-bond acceptors (Lipinski definition) is 2. The van der Waals surface area contributed by atoms with Crippen LogP contribution in [0.5, 0.6) is 0 Å². The van der Waals surface area contributed by atoms with Gasteiger partial charge in [0.25, 0.3) is 0 Å². The highest BCUT2D eigenvalue weighted by molar-refractivity contribution is 5.13. The number of aliphatic hydroxyl groups excluding tert-OH is 1. The van der Waals surface area contributed by atoms with Gasteiger partial charge >= 0.3 is 0 Å². The fourth-order valence-corrected chi connectivity index (χ4v) is 1.23. The smallest absolute Gasteiger partial charge is 0.0611 e. The second kappa shape index (κ2) is 2.36. The molecule has 3 N–H and O–H groups in total. The standard InChI is InChI=1S/C8H15NO/c1-6-3-7(4-6)8(2,9)5-10/h7,10H,1,3-5,9H2,2H3. The maximum Gasteiger partial charge on any atom is 0.0611 e. The summed E-state index contributed by atoms with van der Waals surface area (Å²) in [7, 11) is 0. The lowest BCUT2D eigenvalue weighted by molar-refractivity contribution is 0.132. The summed E-state index contributed by atoms with van der Waals surface area (Å²) < 4.78 is 0. The Morgan fingerprint density at radius 1 is 1.80 bits per heavy atom. The Balaban J connectivity index is 2.43. The number of nitrogens with two attached hydrogens (primary N) is 1. The van der Waals surface area contributed by atoms with Crippen molar-refractivity contribution < 1.29 is 5.11 Å². The molecule has 1 aliphatic rings. The van der Waals surface area contributed by atoms with Crippen LogP contribution in [0.1, 0.15) is 19.8 Å². The van der Waals surface area contributed by atoms with E-state index in [0.717, 1.165) is 12.8 Å². The van der Waals surface area contributed by atoms with Crippen molar-refractivity contribution in [2.45, 2.75) is 25.3 Å². The summed E-state index contributed by atoms with van der Waals surface area (Å²) >= 11 is 0. The first-order valence-corrected chi connectivity index (χ1v) is 3.62. The first-order chi connectivity index (χ1) is 4.56. The van der Waals surface area contributed by atoms with E-state index < -0.39 is 0 Å². The molecule has 2 nitrogen and oxygen atoms in total. The lowest BCUT2D eigenvalue weighted by atomic mass is 9.70. The molecule has 2 heteroatoms. The average molecular weight is 141 g/mol. The molecule has 0 aromatic rings. The third-order valence-electron chi connectivity index (χ3n) is 2.34. The van der Waals surface area contributed by atoms with Crippen LogP contribution in [0.15, 0.2) is 12.2 Å². The van der Waals surface area contributed by atoms with E-state index in [9.17, 15) is 0 Å². The van der Waals surface area contributed by atoms with Gasteiger partial charge in [0.05, 0.1) is 6.61 Å². The molecule has 1 rings (SSSR count). The van der Waals surface area contributed by atoms with Crippen LogP contribution in [0.3, 0.4) is 0 Å². The molecule has 0 amide bonds. The summed E-state index contributed by atoms with van der Waals surface area (Å²) in [6.07, 6.45) is 1.99. The minimum atomic E-state index is -0.388. The molecule has 0 heterocycles. The van der Waals surface area contributed by atoms with E-state index in [0.29, 0.717) is 5.92 Å². The van der Waals surface area contributed by atoms with E-state index in [1.54, 1.807) is 0 Å². The third-order valence-corrected chi connectivity index (χ3v) is 2.34. The van der Waals surface area contributed by atoms with Gasteiger partial charge in [0, 0.05) is 5.54 Å². The highest BCUT2D eigenvalue weighted by Crippen LogP contribution is 2.37. The minimum Gasteiger partial charge on any atom is -0.394 e. The van der Waals surface area contributed by atoms with Gasteiger partial charge in [-0.05, 0) is 25.7 Å². The molecular weight excluding hydrogens is 126 g/mol. The van der Waals surface area contributed by atoms with Gasteiger partial charge in [0.15, 0.2) is 0 Å². The Bertz CT molecular complexity index is 143. The van der Waals surface area contributed by atoms with Crippen LogP contribution in [0, 0.1) is 5.92 Å². The van der Waals surface area contributed by atoms with E-state index in [2.05, 4.69) is 6.58 Å². The van der Waals surface area contributed by atoms with Crippen molar-refractivity contribution in [2.24, 2.45) is 11.7 Å². The normalized spacial score (nSPS) is 25.7. The monoisotopic (exact) mass is 141 g/mol. The number of aliphatic hydroxyl groups is 1. The zero-order valence-corrected chi connectivity index (χ0v) is 6.43. The Hall–Kier alpha value is -0.340. The Kier molecular flexibility index (Phi) is 1.84.